The van der Waals surface area contributed by atoms with Crippen LogP contribution in [0.15, 0.2) is 127 Å². The Kier molecular flexibility index (Phi) is 6.78. The van der Waals surface area contributed by atoms with Crippen molar-refractivity contribution in [3.05, 3.63) is 127 Å². The van der Waals surface area contributed by atoms with Crippen LogP contribution in [0.2, 0.25) is 0 Å². The second-order valence-corrected chi connectivity index (χ2v) is 9.07. The van der Waals surface area contributed by atoms with Crippen molar-refractivity contribution >= 4 is 59.9 Å². The van der Waals surface area contributed by atoms with Crippen LogP contribution < -0.4 is 10.2 Å². The van der Waals surface area contributed by atoms with E-state index in [0.717, 1.165) is 28.4 Å². The predicted molar refractivity (Wildman–Crippen MR) is 155 cm³/mol. The van der Waals surface area contributed by atoms with E-state index in [1.807, 2.05) is 25.2 Å². The van der Waals surface area contributed by atoms with Crippen LogP contribution in [-0.2, 0) is 0 Å². The number of nitrogens with one attached hydrogen (secondary N) is 1. The Morgan fingerprint density at radius 1 is 0.486 bits per heavy atom. The minimum atomic E-state index is 1.06. The average molecular weight is 473 g/mol. The molecule has 172 valence electrons. The van der Waals surface area contributed by atoms with Gasteiger partial charge in [-0.15, -0.1) is 11.3 Å². The van der Waals surface area contributed by atoms with E-state index in [4.69, 9.17) is 0 Å². The van der Waals surface area contributed by atoms with Gasteiger partial charge in [-0.05, 0) is 66.7 Å². The lowest BCUT2D eigenvalue weighted by Gasteiger charge is -2.26. The third kappa shape index (κ3) is 4.77. The number of hydrogen-bond acceptors (Lipinski definition) is 3. The van der Waals surface area contributed by atoms with E-state index in [-0.39, 0.29) is 0 Å². The van der Waals surface area contributed by atoms with Crippen LogP contribution in [0.25, 0.3) is 20.2 Å². The Labute approximate surface area is 211 Å². The van der Waals surface area contributed by atoms with Gasteiger partial charge in [0.2, 0.25) is 0 Å². The molecule has 0 aliphatic carbocycles. The fourth-order valence-electron chi connectivity index (χ4n) is 4.29. The first kappa shape index (κ1) is 22.7. The van der Waals surface area contributed by atoms with Crippen LogP contribution in [0, 0.1) is 0 Å². The van der Waals surface area contributed by atoms with E-state index in [1.165, 1.54) is 20.2 Å². The number of fused-ring (bicyclic) bond motifs is 3. The Hall–Kier alpha value is -4.08. The lowest BCUT2D eigenvalue weighted by atomic mass is 10.1. The molecule has 0 unspecified atom stereocenters. The van der Waals surface area contributed by atoms with Gasteiger partial charge in [0, 0.05) is 48.6 Å². The SMILES string of the molecule is CC.c1ccc(N(c2ccccc2)c2cccc(Nc3ccc4sc5ccccc5c4c3)c2)cc1. The molecule has 0 amide bonds. The van der Waals surface area contributed by atoms with Gasteiger partial charge in [-0.25, -0.2) is 0 Å². The van der Waals surface area contributed by atoms with Crippen molar-refractivity contribution < 1.29 is 0 Å². The van der Waals surface area contributed by atoms with Gasteiger partial charge in [0.05, 0.1) is 0 Å². The van der Waals surface area contributed by atoms with Crippen molar-refractivity contribution in [3.8, 4) is 0 Å². The van der Waals surface area contributed by atoms with Gasteiger partial charge < -0.3 is 10.2 Å². The Morgan fingerprint density at radius 3 is 1.77 bits per heavy atom. The molecule has 3 heteroatoms. The minimum absolute atomic E-state index is 1.06. The first-order valence-electron chi connectivity index (χ1n) is 12.0. The monoisotopic (exact) mass is 472 g/mol. The van der Waals surface area contributed by atoms with E-state index < -0.39 is 0 Å². The number of rotatable bonds is 5. The summed E-state index contributed by atoms with van der Waals surface area (Å²) >= 11 is 1.84. The van der Waals surface area contributed by atoms with Gasteiger partial charge in [0.15, 0.2) is 0 Å². The van der Waals surface area contributed by atoms with Crippen molar-refractivity contribution in [2.24, 2.45) is 0 Å². The van der Waals surface area contributed by atoms with Crippen LogP contribution >= 0.6 is 11.3 Å². The third-order valence-corrected chi connectivity index (χ3v) is 6.95. The van der Waals surface area contributed by atoms with Crippen molar-refractivity contribution in [1.29, 1.82) is 0 Å². The maximum Gasteiger partial charge on any atom is 0.0482 e. The summed E-state index contributed by atoms with van der Waals surface area (Å²) in [7, 11) is 0. The molecule has 0 spiro atoms. The quantitative estimate of drug-likeness (QED) is 0.268. The van der Waals surface area contributed by atoms with Crippen LogP contribution in [0.5, 0.6) is 0 Å². The molecule has 0 saturated carbocycles. The van der Waals surface area contributed by atoms with Crippen LogP contribution in [-0.4, -0.2) is 0 Å². The zero-order valence-electron chi connectivity index (χ0n) is 20.0. The molecule has 0 fully saturated rings. The van der Waals surface area contributed by atoms with Crippen molar-refractivity contribution in [1.82, 2.24) is 0 Å². The number of thiophene rings is 1. The Bertz CT molecular complexity index is 1500. The predicted octanol–water partition coefficient (Wildman–Crippen LogP) is 10.3. The molecule has 2 nitrogen and oxygen atoms in total. The van der Waals surface area contributed by atoms with Crippen LogP contribution in [0.4, 0.5) is 28.4 Å². The van der Waals surface area contributed by atoms with Gasteiger partial charge in [-0.3, -0.25) is 0 Å². The lowest BCUT2D eigenvalue weighted by molar-refractivity contribution is 1.28. The number of benzene rings is 5. The van der Waals surface area contributed by atoms with Gasteiger partial charge in [0.25, 0.3) is 0 Å². The Balaban J connectivity index is 0.00000124. The summed E-state index contributed by atoms with van der Waals surface area (Å²) in [4.78, 5) is 2.28. The van der Waals surface area contributed by atoms with Gasteiger partial charge in [-0.1, -0.05) is 74.5 Å². The highest BCUT2D eigenvalue weighted by atomic mass is 32.1. The number of para-hydroxylation sites is 2. The van der Waals surface area contributed by atoms with E-state index in [1.54, 1.807) is 0 Å². The molecule has 1 N–H and O–H groups in total. The molecular weight excluding hydrogens is 444 g/mol. The second-order valence-electron chi connectivity index (χ2n) is 7.99. The summed E-state index contributed by atoms with van der Waals surface area (Å²) < 4.78 is 2.64. The molecule has 0 radical (unpaired) electrons. The Morgan fingerprint density at radius 2 is 1.06 bits per heavy atom. The molecule has 5 aromatic carbocycles. The maximum atomic E-state index is 3.63. The zero-order chi connectivity index (χ0) is 24.0. The summed E-state index contributed by atoms with van der Waals surface area (Å²) in [6.45, 7) is 4.00. The normalized spacial score (nSPS) is 10.6. The average Bonchev–Trinajstić information content (AvgIpc) is 3.30. The summed E-state index contributed by atoms with van der Waals surface area (Å²) in [5.41, 5.74) is 5.52. The standard InChI is InChI=1S/C30H22N2S.C2H6/c1-3-11-24(12-4-1)32(25-13-5-2-6-14-25)26-15-9-10-22(20-26)31-23-18-19-30-28(21-23)27-16-7-8-17-29(27)33-30;1-2/h1-21,31H;1-2H3. The molecule has 6 rings (SSSR count). The summed E-state index contributed by atoms with van der Waals surface area (Å²) in [6, 6.07) is 44.8. The summed E-state index contributed by atoms with van der Waals surface area (Å²) in [6.07, 6.45) is 0. The smallest absolute Gasteiger partial charge is 0.0482 e. The second kappa shape index (κ2) is 10.5. The molecule has 6 aromatic rings. The first-order chi connectivity index (χ1) is 17.3. The van der Waals surface area contributed by atoms with E-state index in [0.29, 0.717) is 0 Å². The number of nitrogens with zero attached hydrogens (tertiary/aromatic N) is 1. The fourth-order valence-corrected chi connectivity index (χ4v) is 5.38. The molecule has 0 saturated heterocycles. The highest BCUT2D eigenvalue weighted by molar-refractivity contribution is 7.25. The van der Waals surface area contributed by atoms with E-state index >= 15 is 0 Å². The number of hydrogen-bond donors (Lipinski definition) is 1. The first-order valence-corrected chi connectivity index (χ1v) is 12.9. The summed E-state index contributed by atoms with van der Waals surface area (Å²) in [5, 5.41) is 6.24. The largest absolute Gasteiger partial charge is 0.355 e. The molecular formula is C32H28N2S. The van der Waals surface area contributed by atoms with Gasteiger partial charge >= 0.3 is 0 Å². The van der Waals surface area contributed by atoms with Crippen LogP contribution in [0.1, 0.15) is 13.8 Å². The maximum absolute atomic E-state index is 3.63. The van der Waals surface area contributed by atoms with Crippen molar-refractivity contribution in [2.75, 3.05) is 10.2 Å². The highest BCUT2D eigenvalue weighted by Gasteiger charge is 2.12. The van der Waals surface area contributed by atoms with E-state index in [9.17, 15) is 0 Å². The lowest BCUT2D eigenvalue weighted by Crippen LogP contribution is -2.09. The molecule has 0 bridgehead atoms. The molecule has 0 atom stereocenters. The third-order valence-electron chi connectivity index (χ3n) is 5.80. The van der Waals surface area contributed by atoms with Crippen LogP contribution in [0.3, 0.4) is 0 Å². The molecule has 0 aliphatic heterocycles. The van der Waals surface area contributed by atoms with Crippen molar-refractivity contribution in [3.63, 3.8) is 0 Å². The zero-order valence-corrected chi connectivity index (χ0v) is 20.8. The van der Waals surface area contributed by atoms with Gasteiger partial charge in [0.1, 0.15) is 0 Å². The topological polar surface area (TPSA) is 15.3 Å². The van der Waals surface area contributed by atoms with Gasteiger partial charge in [-0.2, -0.15) is 0 Å². The molecule has 1 aromatic heterocycles. The molecule has 1 heterocycles. The summed E-state index contributed by atoms with van der Waals surface area (Å²) in [5.74, 6) is 0. The molecule has 35 heavy (non-hydrogen) atoms. The number of anilines is 5. The minimum Gasteiger partial charge on any atom is -0.355 e. The highest BCUT2D eigenvalue weighted by Crippen LogP contribution is 2.38. The molecule has 0 aliphatic rings. The van der Waals surface area contributed by atoms with E-state index in [2.05, 4.69) is 138 Å². The van der Waals surface area contributed by atoms with Crippen molar-refractivity contribution in [2.45, 2.75) is 13.8 Å². The fraction of sp³-hybridized carbons (Fsp3) is 0.0625.